The molecule has 4 aromatic rings. The number of piperidine rings is 1. The number of rotatable bonds is 10. The number of likely N-dealkylation sites (tertiary alicyclic amines) is 1. The molecule has 9 nitrogen and oxygen atoms in total. The molecule has 2 aliphatic heterocycles. The molecule has 10 heteroatoms. The van der Waals surface area contributed by atoms with Crippen LogP contribution in [0.25, 0.3) is 11.0 Å². The van der Waals surface area contributed by atoms with Crippen molar-refractivity contribution in [2.75, 3.05) is 26.8 Å². The summed E-state index contributed by atoms with van der Waals surface area (Å²) in [5, 5.41) is 9.53. The van der Waals surface area contributed by atoms with E-state index in [1.54, 1.807) is 30.3 Å². The van der Waals surface area contributed by atoms with Crippen molar-refractivity contribution in [1.29, 1.82) is 0 Å². The van der Waals surface area contributed by atoms with Crippen molar-refractivity contribution in [2.45, 2.75) is 50.5 Å². The zero-order valence-electron chi connectivity index (χ0n) is 23.5. The Bertz CT molecular complexity index is 1650. The third-order valence-electron chi connectivity index (χ3n) is 9.07. The lowest BCUT2D eigenvalue weighted by molar-refractivity contribution is -0.0592. The van der Waals surface area contributed by atoms with Gasteiger partial charge in [0.15, 0.2) is 0 Å². The Morgan fingerprint density at radius 3 is 2.81 bits per heavy atom. The van der Waals surface area contributed by atoms with Gasteiger partial charge >= 0.3 is 5.97 Å². The molecule has 1 saturated carbocycles. The fraction of sp³-hybridized carbons (Fsp3) is 0.406. The SMILES string of the molecule is COc1ccc(COc2cccc(C34CCN(Cc5nc6ccc(C(=O)O)cc6n5C[C@@H]5CCO5)CC3C4)n2)c(F)c1. The van der Waals surface area contributed by atoms with Gasteiger partial charge in [-0.15, -0.1) is 0 Å². The van der Waals surface area contributed by atoms with E-state index < -0.39 is 5.97 Å². The summed E-state index contributed by atoms with van der Waals surface area (Å²) in [5.41, 5.74) is 3.44. The summed E-state index contributed by atoms with van der Waals surface area (Å²) in [6.07, 6.45) is 3.18. The molecule has 2 aromatic carbocycles. The highest BCUT2D eigenvalue weighted by molar-refractivity contribution is 5.92. The number of ether oxygens (including phenoxy) is 3. The monoisotopic (exact) mass is 572 g/mol. The maximum Gasteiger partial charge on any atom is 0.335 e. The van der Waals surface area contributed by atoms with E-state index in [2.05, 4.69) is 15.5 Å². The van der Waals surface area contributed by atoms with Crippen molar-refractivity contribution in [3.8, 4) is 11.6 Å². The topological polar surface area (TPSA) is 98.9 Å². The van der Waals surface area contributed by atoms with Crippen LogP contribution in [0.4, 0.5) is 4.39 Å². The van der Waals surface area contributed by atoms with Crippen LogP contribution in [-0.4, -0.2) is 63.4 Å². The molecule has 2 aromatic heterocycles. The van der Waals surface area contributed by atoms with Gasteiger partial charge in [-0.05, 0) is 68.1 Å². The maximum absolute atomic E-state index is 14.4. The Kier molecular flexibility index (Phi) is 6.82. The summed E-state index contributed by atoms with van der Waals surface area (Å²) in [5.74, 6) is 1.09. The summed E-state index contributed by atoms with van der Waals surface area (Å²) in [7, 11) is 1.51. The molecular formula is C32H33FN4O5. The predicted octanol–water partition coefficient (Wildman–Crippen LogP) is 4.81. The molecule has 218 valence electrons. The number of hydrogen-bond acceptors (Lipinski definition) is 7. The molecule has 1 aliphatic carbocycles. The zero-order valence-corrected chi connectivity index (χ0v) is 23.5. The number of aromatic carboxylic acids is 1. The first-order valence-electron chi connectivity index (χ1n) is 14.4. The number of hydrogen-bond donors (Lipinski definition) is 1. The Morgan fingerprint density at radius 1 is 1.19 bits per heavy atom. The quantitative estimate of drug-likeness (QED) is 0.289. The van der Waals surface area contributed by atoms with Crippen LogP contribution >= 0.6 is 0 Å². The molecule has 0 bridgehead atoms. The minimum absolute atomic E-state index is 0.0392. The average molecular weight is 573 g/mol. The Labute approximate surface area is 242 Å². The number of benzene rings is 2. The number of imidazole rings is 1. The molecule has 3 fully saturated rings. The molecule has 2 unspecified atom stereocenters. The van der Waals surface area contributed by atoms with Crippen LogP contribution in [0.15, 0.2) is 54.6 Å². The molecule has 0 amide bonds. The van der Waals surface area contributed by atoms with E-state index in [-0.39, 0.29) is 29.5 Å². The minimum atomic E-state index is -0.942. The summed E-state index contributed by atoms with van der Waals surface area (Å²) >= 11 is 0. The zero-order chi connectivity index (χ0) is 28.8. The van der Waals surface area contributed by atoms with Crippen LogP contribution in [0.3, 0.4) is 0 Å². The van der Waals surface area contributed by atoms with E-state index in [4.69, 9.17) is 24.2 Å². The number of nitrogens with zero attached hydrogens (tertiary/aromatic N) is 4. The molecule has 0 spiro atoms. The molecule has 42 heavy (non-hydrogen) atoms. The molecule has 7 rings (SSSR count). The third kappa shape index (κ3) is 4.98. The lowest BCUT2D eigenvalue weighted by Gasteiger charge is -2.32. The lowest BCUT2D eigenvalue weighted by Crippen LogP contribution is -2.37. The molecule has 2 saturated heterocycles. The summed E-state index contributed by atoms with van der Waals surface area (Å²) in [6, 6.07) is 15.7. The first-order valence-corrected chi connectivity index (χ1v) is 14.4. The summed E-state index contributed by atoms with van der Waals surface area (Å²) < 4.78 is 33.2. The van der Waals surface area contributed by atoms with Crippen molar-refractivity contribution in [2.24, 2.45) is 5.92 Å². The summed E-state index contributed by atoms with van der Waals surface area (Å²) in [4.78, 5) is 23.8. The molecule has 4 heterocycles. The number of fused-ring (bicyclic) bond motifs is 2. The molecule has 3 aliphatic rings. The van der Waals surface area contributed by atoms with E-state index in [0.717, 1.165) is 61.5 Å². The Hall–Kier alpha value is -4.02. The second-order valence-electron chi connectivity index (χ2n) is 11.6. The van der Waals surface area contributed by atoms with Gasteiger partial charge in [0.05, 0.1) is 48.6 Å². The Balaban J connectivity index is 1.04. The number of aromatic nitrogens is 3. The number of carboxylic acids is 1. The van der Waals surface area contributed by atoms with Gasteiger partial charge in [-0.1, -0.05) is 6.07 Å². The average Bonchev–Trinajstić information content (AvgIpc) is 3.62. The highest BCUT2D eigenvalue weighted by Crippen LogP contribution is 2.59. The Morgan fingerprint density at radius 2 is 2.07 bits per heavy atom. The van der Waals surface area contributed by atoms with Crippen LogP contribution in [0.1, 0.15) is 46.7 Å². The van der Waals surface area contributed by atoms with E-state index in [1.165, 1.54) is 13.2 Å². The first-order chi connectivity index (χ1) is 20.4. The number of carboxylic acid groups (broad SMARTS) is 1. The first kappa shape index (κ1) is 26.9. The van der Waals surface area contributed by atoms with Crippen LogP contribution in [-0.2, 0) is 29.8 Å². The van der Waals surface area contributed by atoms with Crippen molar-refractivity contribution in [3.05, 3.63) is 83.1 Å². The third-order valence-corrected chi connectivity index (χ3v) is 9.07. The van der Waals surface area contributed by atoms with Gasteiger partial charge in [0.1, 0.15) is 24.0 Å². The van der Waals surface area contributed by atoms with Crippen LogP contribution in [0, 0.1) is 11.7 Å². The normalized spacial score (nSPS) is 23.3. The summed E-state index contributed by atoms with van der Waals surface area (Å²) in [6.45, 7) is 4.07. The minimum Gasteiger partial charge on any atom is -0.497 e. The van der Waals surface area contributed by atoms with Gasteiger partial charge < -0.3 is 23.9 Å². The number of methoxy groups -OCH3 is 1. The van der Waals surface area contributed by atoms with Crippen LogP contribution < -0.4 is 9.47 Å². The molecule has 0 radical (unpaired) electrons. The fourth-order valence-corrected chi connectivity index (χ4v) is 6.43. The highest BCUT2D eigenvalue weighted by Gasteiger charge is 2.58. The second-order valence-corrected chi connectivity index (χ2v) is 11.6. The van der Waals surface area contributed by atoms with Crippen LogP contribution in [0.5, 0.6) is 11.6 Å². The smallest absolute Gasteiger partial charge is 0.335 e. The van der Waals surface area contributed by atoms with Gasteiger partial charge in [0, 0.05) is 36.3 Å². The van der Waals surface area contributed by atoms with Gasteiger partial charge in [-0.2, -0.15) is 0 Å². The van der Waals surface area contributed by atoms with Gasteiger partial charge in [-0.3, -0.25) is 4.90 Å². The number of carbonyl (C=O) groups is 1. The van der Waals surface area contributed by atoms with Crippen molar-refractivity contribution < 1.29 is 28.5 Å². The van der Waals surface area contributed by atoms with Gasteiger partial charge in [0.2, 0.25) is 5.88 Å². The number of halogens is 1. The van der Waals surface area contributed by atoms with E-state index in [1.807, 2.05) is 12.1 Å². The highest BCUT2D eigenvalue weighted by atomic mass is 19.1. The molecule has 3 atom stereocenters. The molecular weight excluding hydrogens is 539 g/mol. The lowest BCUT2D eigenvalue weighted by atomic mass is 9.91. The van der Waals surface area contributed by atoms with E-state index >= 15 is 0 Å². The standard InChI is InChI=1S/C32H33FN4O5/c1-40-23-7-5-21(25(33)14-23)19-42-30-4-2-3-28(35-30)32-10-11-36(16-22(32)15-32)18-29-34-26-8-6-20(31(38)39)13-27(26)37(29)17-24-9-12-41-24/h2-8,13-14,22,24H,9-12,15-19H2,1H3,(H,38,39)/t22?,24-,32?/m0/s1. The maximum atomic E-state index is 14.4. The van der Waals surface area contributed by atoms with Gasteiger partial charge in [0.25, 0.3) is 0 Å². The van der Waals surface area contributed by atoms with Crippen molar-refractivity contribution >= 4 is 17.0 Å². The fourth-order valence-electron chi connectivity index (χ4n) is 6.43. The predicted molar refractivity (Wildman–Crippen MR) is 152 cm³/mol. The molecule has 1 N–H and O–H groups in total. The van der Waals surface area contributed by atoms with E-state index in [9.17, 15) is 14.3 Å². The largest absolute Gasteiger partial charge is 0.497 e. The van der Waals surface area contributed by atoms with E-state index in [0.29, 0.717) is 36.2 Å². The number of pyridine rings is 1. The van der Waals surface area contributed by atoms with Crippen molar-refractivity contribution in [3.63, 3.8) is 0 Å². The van der Waals surface area contributed by atoms with Gasteiger partial charge in [-0.25, -0.2) is 19.2 Å². The van der Waals surface area contributed by atoms with Crippen LogP contribution in [0.2, 0.25) is 0 Å². The second kappa shape index (κ2) is 10.7. The van der Waals surface area contributed by atoms with Crippen molar-refractivity contribution in [1.82, 2.24) is 19.4 Å².